The monoisotopic (exact) mass is 355 g/mol. The third-order valence-corrected chi connectivity index (χ3v) is 4.78. The fourth-order valence-corrected chi connectivity index (χ4v) is 3.30. The summed E-state index contributed by atoms with van der Waals surface area (Å²) >= 11 is 0. The lowest BCUT2D eigenvalue weighted by molar-refractivity contribution is -0.151. The van der Waals surface area contributed by atoms with E-state index in [2.05, 4.69) is 10.6 Å². The van der Waals surface area contributed by atoms with E-state index >= 15 is 0 Å². The zero-order valence-electron chi connectivity index (χ0n) is 14.6. The number of carbonyl (C=O) groups is 4. The van der Waals surface area contributed by atoms with Crippen LogP contribution in [0.3, 0.4) is 0 Å². The molecule has 0 radical (unpaired) electrons. The molecule has 0 aromatic rings. The second-order valence-corrected chi connectivity index (χ2v) is 6.44. The second-order valence-electron chi connectivity index (χ2n) is 6.44. The van der Waals surface area contributed by atoms with E-state index in [1.807, 2.05) is 6.92 Å². The van der Waals surface area contributed by atoms with Gasteiger partial charge >= 0.3 is 12.0 Å². The van der Waals surface area contributed by atoms with Gasteiger partial charge in [0.1, 0.15) is 12.1 Å². The predicted molar refractivity (Wildman–Crippen MR) is 86.5 cm³/mol. The standard InChI is InChI=1S/C16H25N3O6/c1-11-5-3-4-6-16(11)14(22)19(15(23)18-16)9-13(21)25-10-12(20)17-7-8-24-2/h11H,3-10H2,1-2H3,(H,17,20)(H,18,23)/t11-,16+/m1/s1. The molecule has 2 rings (SSSR count). The van der Waals surface area contributed by atoms with Gasteiger partial charge in [0.15, 0.2) is 6.61 Å². The summed E-state index contributed by atoms with van der Waals surface area (Å²) in [5.74, 6) is -1.64. The Morgan fingerprint density at radius 1 is 1.36 bits per heavy atom. The lowest BCUT2D eigenvalue weighted by atomic mass is 9.73. The molecule has 0 aromatic carbocycles. The third kappa shape index (κ3) is 4.28. The molecular formula is C16H25N3O6. The minimum absolute atomic E-state index is 0.0188. The van der Waals surface area contributed by atoms with Gasteiger partial charge in [0, 0.05) is 13.7 Å². The number of imide groups is 1. The van der Waals surface area contributed by atoms with E-state index in [0.29, 0.717) is 19.6 Å². The Bertz CT molecular complexity index is 552. The molecule has 1 saturated heterocycles. The molecule has 2 atom stereocenters. The number of hydrogen-bond acceptors (Lipinski definition) is 6. The van der Waals surface area contributed by atoms with Gasteiger partial charge < -0.3 is 20.1 Å². The van der Waals surface area contributed by atoms with Crippen molar-refractivity contribution < 1.29 is 28.7 Å². The number of methoxy groups -OCH3 is 1. The minimum atomic E-state index is -0.910. The Morgan fingerprint density at radius 2 is 2.12 bits per heavy atom. The molecule has 1 heterocycles. The van der Waals surface area contributed by atoms with E-state index in [1.165, 1.54) is 7.11 Å². The van der Waals surface area contributed by atoms with E-state index in [0.717, 1.165) is 24.2 Å². The molecule has 2 aliphatic rings. The summed E-state index contributed by atoms with van der Waals surface area (Å²) in [6.07, 6.45) is 3.31. The van der Waals surface area contributed by atoms with Crippen molar-refractivity contribution in [3.8, 4) is 0 Å². The van der Waals surface area contributed by atoms with Crippen LogP contribution in [0.15, 0.2) is 0 Å². The lowest BCUT2D eigenvalue weighted by Gasteiger charge is -2.36. The van der Waals surface area contributed by atoms with Crippen LogP contribution in [-0.2, 0) is 23.9 Å². The summed E-state index contributed by atoms with van der Waals surface area (Å²) < 4.78 is 9.61. The molecule has 1 spiro atoms. The molecule has 1 aliphatic carbocycles. The topological polar surface area (TPSA) is 114 Å². The van der Waals surface area contributed by atoms with Crippen molar-refractivity contribution in [2.24, 2.45) is 5.92 Å². The highest BCUT2D eigenvalue weighted by atomic mass is 16.5. The minimum Gasteiger partial charge on any atom is -0.454 e. The van der Waals surface area contributed by atoms with E-state index in [4.69, 9.17) is 9.47 Å². The first kappa shape index (κ1) is 19.2. The van der Waals surface area contributed by atoms with Crippen molar-refractivity contribution in [3.63, 3.8) is 0 Å². The van der Waals surface area contributed by atoms with Crippen molar-refractivity contribution in [1.29, 1.82) is 0 Å². The quantitative estimate of drug-likeness (QED) is 0.371. The first-order valence-electron chi connectivity index (χ1n) is 8.46. The van der Waals surface area contributed by atoms with Crippen molar-refractivity contribution in [2.75, 3.05) is 33.4 Å². The highest BCUT2D eigenvalue weighted by Crippen LogP contribution is 2.38. The summed E-state index contributed by atoms with van der Waals surface area (Å²) in [6, 6.07) is -0.583. The fourth-order valence-electron chi connectivity index (χ4n) is 3.30. The van der Waals surface area contributed by atoms with E-state index in [9.17, 15) is 19.2 Å². The SMILES string of the molecule is COCCNC(=O)COC(=O)CN1C(=O)N[C@]2(CCCC[C@H]2C)C1=O. The normalized spacial score (nSPS) is 25.8. The van der Waals surface area contributed by atoms with Gasteiger partial charge in [0.25, 0.3) is 11.8 Å². The molecule has 9 heteroatoms. The number of carbonyl (C=O) groups excluding carboxylic acids is 4. The maximum Gasteiger partial charge on any atom is 0.326 e. The average molecular weight is 355 g/mol. The van der Waals surface area contributed by atoms with Gasteiger partial charge in [0.2, 0.25) is 0 Å². The molecule has 140 valence electrons. The number of hydrogen-bond donors (Lipinski definition) is 2. The van der Waals surface area contributed by atoms with Gasteiger partial charge in [-0.15, -0.1) is 0 Å². The largest absolute Gasteiger partial charge is 0.454 e. The van der Waals surface area contributed by atoms with Gasteiger partial charge in [-0.2, -0.15) is 0 Å². The molecular weight excluding hydrogens is 330 g/mol. The number of amides is 4. The fraction of sp³-hybridized carbons (Fsp3) is 0.750. The summed E-state index contributed by atoms with van der Waals surface area (Å²) in [5, 5.41) is 5.26. The van der Waals surface area contributed by atoms with Crippen LogP contribution in [0.1, 0.15) is 32.6 Å². The van der Waals surface area contributed by atoms with Gasteiger partial charge in [-0.05, 0) is 18.8 Å². The lowest BCUT2D eigenvalue weighted by Crippen LogP contribution is -2.54. The van der Waals surface area contributed by atoms with Crippen LogP contribution in [0.5, 0.6) is 0 Å². The average Bonchev–Trinajstić information content (AvgIpc) is 2.81. The van der Waals surface area contributed by atoms with Crippen LogP contribution in [-0.4, -0.2) is 67.7 Å². The smallest absolute Gasteiger partial charge is 0.326 e. The Balaban J connectivity index is 1.85. The van der Waals surface area contributed by atoms with Crippen LogP contribution in [0.4, 0.5) is 4.79 Å². The number of esters is 1. The van der Waals surface area contributed by atoms with Crippen LogP contribution >= 0.6 is 0 Å². The Kier molecular flexibility index (Phi) is 6.35. The Morgan fingerprint density at radius 3 is 2.80 bits per heavy atom. The molecule has 1 aliphatic heterocycles. The van der Waals surface area contributed by atoms with E-state index in [1.54, 1.807) is 0 Å². The van der Waals surface area contributed by atoms with E-state index in [-0.39, 0.29) is 11.8 Å². The van der Waals surface area contributed by atoms with Gasteiger partial charge in [-0.25, -0.2) is 4.79 Å². The highest BCUT2D eigenvalue weighted by molar-refractivity contribution is 6.09. The first-order chi connectivity index (χ1) is 11.9. The summed E-state index contributed by atoms with van der Waals surface area (Å²) in [6.45, 7) is 1.63. The molecule has 1 saturated carbocycles. The number of ether oxygens (including phenoxy) is 2. The third-order valence-electron chi connectivity index (χ3n) is 4.78. The van der Waals surface area contributed by atoms with Crippen molar-refractivity contribution in [3.05, 3.63) is 0 Å². The molecule has 0 unspecified atom stereocenters. The molecule has 2 N–H and O–H groups in total. The molecule has 25 heavy (non-hydrogen) atoms. The molecule has 4 amide bonds. The molecule has 0 bridgehead atoms. The van der Waals surface area contributed by atoms with Gasteiger partial charge in [-0.3, -0.25) is 19.3 Å². The van der Waals surface area contributed by atoms with Crippen LogP contribution in [0, 0.1) is 5.92 Å². The van der Waals surface area contributed by atoms with Crippen LogP contribution in [0.2, 0.25) is 0 Å². The van der Waals surface area contributed by atoms with E-state index < -0.39 is 36.6 Å². The predicted octanol–water partition coefficient (Wildman–Crippen LogP) is -0.207. The van der Waals surface area contributed by atoms with Crippen LogP contribution < -0.4 is 10.6 Å². The second kappa shape index (κ2) is 8.28. The maximum absolute atomic E-state index is 12.7. The van der Waals surface area contributed by atoms with Crippen LogP contribution in [0.25, 0.3) is 0 Å². The number of rotatable bonds is 7. The zero-order valence-corrected chi connectivity index (χ0v) is 14.6. The Hall–Kier alpha value is -2.16. The number of urea groups is 1. The molecule has 0 aromatic heterocycles. The Labute approximate surface area is 146 Å². The number of nitrogens with one attached hydrogen (secondary N) is 2. The summed E-state index contributed by atoms with van der Waals surface area (Å²) in [7, 11) is 1.50. The highest BCUT2D eigenvalue weighted by Gasteiger charge is 2.55. The summed E-state index contributed by atoms with van der Waals surface area (Å²) in [4.78, 5) is 49.1. The summed E-state index contributed by atoms with van der Waals surface area (Å²) in [5.41, 5.74) is -0.910. The van der Waals surface area contributed by atoms with Crippen molar-refractivity contribution >= 4 is 23.8 Å². The molecule has 9 nitrogen and oxygen atoms in total. The molecule has 2 fully saturated rings. The maximum atomic E-state index is 12.7. The number of nitrogens with zero attached hydrogens (tertiary/aromatic N) is 1. The first-order valence-corrected chi connectivity index (χ1v) is 8.46. The van der Waals surface area contributed by atoms with Gasteiger partial charge in [0.05, 0.1) is 6.61 Å². The van der Waals surface area contributed by atoms with Crippen molar-refractivity contribution in [2.45, 2.75) is 38.1 Å². The van der Waals surface area contributed by atoms with Crippen molar-refractivity contribution in [1.82, 2.24) is 15.5 Å². The van der Waals surface area contributed by atoms with Gasteiger partial charge in [-0.1, -0.05) is 19.8 Å². The zero-order chi connectivity index (χ0) is 18.4.